The topological polar surface area (TPSA) is 72.0 Å². The second-order valence-electron chi connectivity index (χ2n) is 4.26. The van der Waals surface area contributed by atoms with Crippen LogP contribution >= 0.6 is 0 Å². The molecule has 0 bridgehead atoms. The maximum atomic E-state index is 10.5. The van der Waals surface area contributed by atoms with E-state index in [1.807, 2.05) is 26.0 Å². The molecule has 4 heteroatoms. The highest BCUT2D eigenvalue weighted by molar-refractivity contribution is 5.49. The molecule has 1 atom stereocenters. The first kappa shape index (κ1) is 12.5. The fourth-order valence-electron chi connectivity index (χ4n) is 2.10. The zero-order chi connectivity index (χ0) is 13.1. The molecule has 0 saturated carbocycles. The van der Waals surface area contributed by atoms with Crippen molar-refractivity contribution in [1.29, 1.82) is 0 Å². The molecule has 0 saturated heterocycles. The van der Waals surface area contributed by atoms with Crippen LogP contribution in [0.25, 0.3) is 0 Å². The lowest BCUT2D eigenvalue weighted by Gasteiger charge is -2.18. The SMILES string of the molecule is CCc1cnccc1C(O)c1c(C)ccnc1N. The first-order valence-electron chi connectivity index (χ1n) is 5.97. The van der Waals surface area contributed by atoms with Crippen LogP contribution in [0.2, 0.25) is 0 Å². The highest BCUT2D eigenvalue weighted by atomic mass is 16.3. The molecular formula is C14H17N3O. The Morgan fingerprint density at radius 3 is 2.78 bits per heavy atom. The third kappa shape index (κ3) is 2.19. The first-order valence-corrected chi connectivity index (χ1v) is 5.97. The molecule has 18 heavy (non-hydrogen) atoms. The van der Waals surface area contributed by atoms with Gasteiger partial charge < -0.3 is 10.8 Å². The van der Waals surface area contributed by atoms with Gasteiger partial charge in [-0.15, -0.1) is 0 Å². The Hall–Kier alpha value is -1.94. The van der Waals surface area contributed by atoms with E-state index in [0.717, 1.165) is 23.1 Å². The molecule has 0 aliphatic rings. The van der Waals surface area contributed by atoms with Crippen molar-refractivity contribution in [3.8, 4) is 0 Å². The molecule has 2 heterocycles. The van der Waals surface area contributed by atoms with Gasteiger partial charge in [0.1, 0.15) is 11.9 Å². The van der Waals surface area contributed by atoms with Crippen LogP contribution in [0.5, 0.6) is 0 Å². The van der Waals surface area contributed by atoms with E-state index >= 15 is 0 Å². The Morgan fingerprint density at radius 1 is 1.33 bits per heavy atom. The molecule has 0 radical (unpaired) electrons. The summed E-state index contributed by atoms with van der Waals surface area (Å²) in [7, 11) is 0. The predicted octanol–water partition coefficient (Wildman–Crippen LogP) is 2.01. The first-order chi connectivity index (χ1) is 8.65. The number of aryl methyl sites for hydroxylation is 2. The summed E-state index contributed by atoms with van der Waals surface area (Å²) in [6.07, 6.45) is 5.17. The fraction of sp³-hybridized carbons (Fsp3) is 0.286. The number of aliphatic hydroxyl groups excluding tert-OH is 1. The quantitative estimate of drug-likeness (QED) is 0.865. The van der Waals surface area contributed by atoms with Crippen LogP contribution in [0, 0.1) is 6.92 Å². The highest BCUT2D eigenvalue weighted by Crippen LogP contribution is 2.29. The van der Waals surface area contributed by atoms with Crippen molar-refractivity contribution in [2.75, 3.05) is 5.73 Å². The van der Waals surface area contributed by atoms with Gasteiger partial charge in [-0.3, -0.25) is 4.98 Å². The van der Waals surface area contributed by atoms with Crippen molar-refractivity contribution in [3.05, 3.63) is 53.0 Å². The molecular weight excluding hydrogens is 226 g/mol. The van der Waals surface area contributed by atoms with E-state index in [2.05, 4.69) is 9.97 Å². The van der Waals surface area contributed by atoms with E-state index in [1.54, 1.807) is 18.6 Å². The van der Waals surface area contributed by atoms with Crippen molar-refractivity contribution in [2.24, 2.45) is 0 Å². The van der Waals surface area contributed by atoms with Crippen molar-refractivity contribution in [1.82, 2.24) is 9.97 Å². The third-order valence-electron chi connectivity index (χ3n) is 3.13. The van der Waals surface area contributed by atoms with Gasteiger partial charge in [-0.1, -0.05) is 6.92 Å². The van der Waals surface area contributed by atoms with Gasteiger partial charge in [0.25, 0.3) is 0 Å². The maximum Gasteiger partial charge on any atom is 0.129 e. The van der Waals surface area contributed by atoms with Crippen molar-refractivity contribution < 1.29 is 5.11 Å². The standard InChI is InChI=1S/C14H17N3O/c1-3-10-8-16-6-5-11(10)13(18)12-9(2)4-7-17-14(12)15/h4-8,13,18H,3H2,1-2H3,(H2,15,17). The fourth-order valence-corrected chi connectivity index (χ4v) is 2.10. The number of hydrogen-bond donors (Lipinski definition) is 2. The molecule has 3 N–H and O–H groups in total. The minimum atomic E-state index is -0.753. The average Bonchev–Trinajstić information content (AvgIpc) is 2.38. The Balaban J connectivity index is 2.51. The van der Waals surface area contributed by atoms with Crippen LogP contribution in [0.4, 0.5) is 5.82 Å². The number of hydrogen-bond acceptors (Lipinski definition) is 4. The van der Waals surface area contributed by atoms with Crippen LogP contribution in [-0.4, -0.2) is 15.1 Å². The van der Waals surface area contributed by atoms with Gasteiger partial charge in [0, 0.05) is 24.2 Å². The monoisotopic (exact) mass is 243 g/mol. The second kappa shape index (κ2) is 5.14. The van der Waals surface area contributed by atoms with Gasteiger partial charge in [-0.2, -0.15) is 0 Å². The molecule has 2 aromatic rings. The molecule has 94 valence electrons. The maximum absolute atomic E-state index is 10.5. The molecule has 0 spiro atoms. The number of aliphatic hydroxyl groups is 1. The number of anilines is 1. The molecule has 0 fully saturated rings. The Morgan fingerprint density at radius 2 is 2.11 bits per heavy atom. The average molecular weight is 243 g/mol. The molecule has 0 aromatic carbocycles. The second-order valence-corrected chi connectivity index (χ2v) is 4.26. The van der Waals surface area contributed by atoms with Crippen LogP contribution in [-0.2, 0) is 6.42 Å². The zero-order valence-corrected chi connectivity index (χ0v) is 10.6. The van der Waals surface area contributed by atoms with E-state index in [0.29, 0.717) is 11.4 Å². The molecule has 1 unspecified atom stereocenters. The van der Waals surface area contributed by atoms with Gasteiger partial charge in [-0.25, -0.2) is 4.98 Å². The minimum Gasteiger partial charge on any atom is -0.383 e. The van der Waals surface area contributed by atoms with E-state index in [4.69, 9.17) is 5.73 Å². The third-order valence-corrected chi connectivity index (χ3v) is 3.13. The summed E-state index contributed by atoms with van der Waals surface area (Å²) < 4.78 is 0. The van der Waals surface area contributed by atoms with E-state index in [-0.39, 0.29) is 0 Å². The van der Waals surface area contributed by atoms with E-state index < -0.39 is 6.10 Å². The Bertz CT molecular complexity index is 534. The smallest absolute Gasteiger partial charge is 0.129 e. The van der Waals surface area contributed by atoms with Gasteiger partial charge in [0.2, 0.25) is 0 Å². The van der Waals surface area contributed by atoms with Crippen LogP contribution < -0.4 is 5.73 Å². The molecule has 2 rings (SSSR count). The summed E-state index contributed by atoms with van der Waals surface area (Å²) in [4.78, 5) is 8.12. The summed E-state index contributed by atoms with van der Waals surface area (Å²) in [6, 6.07) is 3.68. The largest absolute Gasteiger partial charge is 0.383 e. The van der Waals surface area contributed by atoms with Crippen LogP contribution in [0.15, 0.2) is 30.7 Å². The van der Waals surface area contributed by atoms with Crippen molar-refractivity contribution in [2.45, 2.75) is 26.4 Å². The molecule has 0 aliphatic carbocycles. The minimum absolute atomic E-state index is 0.376. The summed E-state index contributed by atoms with van der Waals surface area (Å²) in [5, 5.41) is 10.5. The molecule has 4 nitrogen and oxygen atoms in total. The lowest BCUT2D eigenvalue weighted by Crippen LogP contribution is -2.09. The van der Waals surface area contributed by atoms with Crippen molar-refractivity contribution in [3.63, 3.8) is 0 Å². The summed E-state index contributed by atoms with van der Waals surface area (Å²) in [6.45, 7) is 3.95. The lowest BCUT2D eigenvalue weighted by molar-refractivity contribution is 0.218. The van der Waals surface area contributed by atoms with Crippen molar-refractivity contribution >= 4 is 5.82 Å². The normalized spacial score (nSPS) is 12.4. The summed E-state index contributed by atoms with van der Waals surface area (Å²) >= 11 is 0. The number of rotatable bonds is 3. The molecule has 2 aromatic heterocycles. The van der Waals surface area contributed by atoms with Gasteiger partial charge in [0.05, 0.1) is 0 Å². The highest BCUT2D eigenvalue weighted by Gasteiger charge is 2.18. The number of nitrogens with two attached hydrogens (primary N) is 1. The number of pyridine rings is 2. The van der Waals surface area contributed by atoms with Crippen LogP contribution in [0.1, 0.15) is 35.3 Å². The van der Waals surface area contributed by atoms with Crippen LogP contribution in [0.3, 0.4) is 0 Å². The number of nitrogens with zero attached hydrogens (tertiary/aromatic N) is 2. The molecule has 0 amide bonds. The molecule has 0 aliphatic heterocycles. The van der Waals surface area contributed by atoms with Gasteiger partial charge in [-0.05, 0) is 42.2 Å². The van der Waals surface area contributed by atoms with E-state index in [1.165, 1.54) is 0 Å². The Labute approximate surface area is 107 Å². The summed E-state index contributed by atoms with van der Waals surface area (Å²) in [5.41, 5.74) is 9.35. The number of aromatic nitrogens is 2. The Kier molecular flexibility index (Phi) is 3.58. The zero-order valence-electron chi connectivity index (χ0n) is 10.6. The summed E-state index contributed by atoms with van der Waals surface area (Å²) in [5.74, 6) is 0.376. The number of nitrogen functional groups attached to an aromatic ring is 1. The van der Waals surface area contributed by atoms with Gasteiger partial charge in [0.15, 0.2) is 0 Å². The van der Waals surface area contributed by atoms with Gasteiger partial charge >= 0.3 is 0 Å². The van der Waals surface area contributed by atoms with E-state index in [9.17, 15) is 5.11 Å². The lowest BCUT2D eigenvalue weighted by atomic mass is 9.95. The predicted molar refractivity (Wildman–Crippen MR) is 71.1 cm³/mol.